The Morgan fingerprint density at radius 3 is 2.48 bits per heavy atom. The van der Waals surface area contributed by atoms with Gasteiger partial charge in [0, 0.05) is 51.1 Å². The van der Waals surface area contributed by atoms with Gasteiger partial charge < -0.3 is 14.6 Å². The van der Waals surface area contributed by atoms with Crippen molar-refractivity contribution >= 4 is 17.2 Å². The summed E-state index contributed by atoms with van der Waals surface area (Å²) in [7, 11) is 4.05. The predicted octanol–water partition coefficient (Wildman–Crippen LogP) is 4.55. The lowest BCUT2D eigenvalue weighted by molar-refractivity contribution is -0.121. The molecule has 0 aliphatic heterocycles. The van der Waals surface area contributed by atoms with Crippen LogP contribution in [-0.2, 0) is 11.3 Å². The number of amides is 1. The van der Waals surface area contributed by atoms with Gasteiger partial charge in [-0.1, -0.05) is 48.5 Å². The number of anilines is 1. The van der Waals surface area contributed by atoms with Crippen molar-refractivity contribution in [3.8, 4) is 0 Å². The van der Waals surface area contributed by atoms with Crippen LogP contribution in [0.1, 0.15) is 34.7 Å². The Bertz CT molecular complexity index is 1160. The monoisotopic (exact) mass is 412 g/mol. The summed E-state index contributed by atoms with van der Waals surface area (Å²) in [6.45, 7) is 2.58. The van der Waals surface area contributed by atoms with Crippen LogP contribution in [0, 0.1) is 6.92 Å². The molecule has 5 nitrogen and oxygen atoms in total. The molecule has 0 bridgehead atoms. The van der Waals surface area contributed by atoms with Crippen molar-refractivity contribution in [2.45, 2.75) is 25.8 Å². The largest absolute Gasteiger partial charge is 0.378 e. The van der Waals surface area contributed by atoms with Crippen LogP contribution in [0.4, 0.5) is 5.69 Å². The van der Waals surface area contributed by atoms with Crippen molar-refractivity contribution in [3.63, 3.8) is 0 Å². The fraction of sp³-hybridized carbons (Fsp3) is 0.231. The third-order valence-corrected chi connectivity index (χ3v) is 5.65. The molecule has 0 radical (unpaired) electrons. The van der Waals surface area contributed by atoms with Crippen molar-refractivity contribution in [2.24, 2.45) is 0 Å². The second-order valence-electron chi connectivity index (χ2n) is 8.07. The summed E-state index contributed by atoms with van der Waals surface area (Å²) in [6.07, 6.45) is 4.28. The zero-order valence-corrected chi connectivity index (χ0v) is 18.2. The number of pyridine rings is 1. The highest BCUT2D eigenvalue weighted by atomic mass is 16.1. The minimum absolute atomic E-state index is 0.0214. The smallest absolute Gasteiger partial charge is 0.221 e. The number of hydrogen-bond donors (Lipinski definition) is 1. The Morgan fingerprint density at radius 1 is 1.03 bits per heavy atom. The molecular weight excluding hydrogens is 384 g/mol. The molecule has 1 amide bonds. The molecule has 0 aliphatic rings. The van der Waals surface area contributed by atoms with Gasteiger partial charge in [-0.3, -0.25) is 4.79 Å². The van der Waals surface area contributed by atoms with E-state index in [2.05, 4.69) is 56.9 Å². The fourth-order valence-electron chi connectivity index (χ4n) is 3.88. The van der Waals surface area contributed by atoms with Gasteiger partial charge in [0.1, 0.15) is 5.65 Å². The Balaban J connectivity index is 1.63. The number of aryl methyl sites for hydroxylation is 1. The summed E-state index contributed by atoms with van der Waals surface area (Å²) in [5.41, 5.74) is 6.38. The van der Waals surface area contributed by atoms with Crippen LogP contribution in [0.3, 0.4) is 0 Å². The average molecular weight is 413 g/mol. The van der Waals surface area contributed by atoms with E-state index in [1.54, 1.807) is 0 Å². The van der Waals surface area contributed by atoms with E-state index in [9.17, 15) is 4.79 Å². The number of carbonyl (C=O) groups is 1. The van der Waals surface area contributed by atoms with E-state index in [1.807, 2.05) is 62.9 Å². The number of rotatable bonds is 7. The van der Waals surface area contributed by atoms with E-state index < -0.39 is 0 Å². The molecule has 4 rings (SSSR count). The molecule has 2 aromatic heterocycles. The number of carbonyl (C=O) groups excluding carboxylic acids is 1. The van der Waals surface area contributed by atoms with Crippen molar-refractivity contribution in [2.75, 3.05) is 19.0 Å². The molecule has 2 heterocycles. The van der Waals surface area contributed by atoms with Gasteiger partial charge in [0.25, 0.3) is 0 Å². The van der Waals surface area contributed by atoms with Crippen LogP contribution >= 0.6 is 0 Å². The molecule has 0 saturated heterocycles. The Kier molecular flexibility index (Phi) is 6.03. The number of nitrogens with one attached hydrogen (secondary N) is 1. The zero-order valence-electron chi connectivity index (χ0n) is 18.2. The maximum Gasteiger partial charge on any atom is 0.221 e. The van der Waals surface area contributed by atoms with Crippen LogP contribution in [0.15, 0.2) is 79.1 Å². The molecule has 0 aliphatic carbocycles. The van der Waals surface area contributed by atoms with Crippen molar-refractivity contribution in [3.05, 3.63) is 102 Å². The summed E-state index contributed by atoms with van der Waals surface area (Å²) in [5, 5.41) is 3.07. The van der Waals surface area contributed by atoms with Gasteiger partial charge in [0.05, 0.1) is 5.69 Å². The van der Waals surface area contributed by atoms with Gasteiger partial charge in [0.15, 0.2) is 0 Å². The molecule has 1 N–H and O–H groups in total. The van der Waals surface area contributed by atoms with Gasteiger partial charge >= 0.3 is 0 Å². The highest BCUT2D eigenvalue weighted by molar-refractivity contribution is 5.77. The van der Waals surface area contributed by atoms with Crippen LogP contribution in [0.2, 0.25) is 0 Å². The van der Waals surface area contributed by atoms with E-state index in [1.165, 1.54) is 0 Å². The van der Waals surface area contributed by atoms with Gasteiger partial charge in [-0.05, 0) is 41.8 Å². The molecule has 2 aromatic carbocycles. The predicted molar refractivity (Wildman–Crippen MR) is 125 cm³/mol. The van der Waals surface area contributed by atoms with E-state index in [4.69, 9.17) is 0 Å². The third kappa shape index (κ3) is 4.61. The van der Waals surface area contributed by atoms with Gasteiger partial charge in [-0.2, -0.15) is 0 Å². The van der Waals surface area contributed by atoms with Gasteiger partial charge in [0.2, 0.25) is 5.91 Å². The standard InChI is InChI=1S/C26H28N4O/c1-19-8-7-15-30-24(18-28-26(19)30)23(21-11-13-22(14-12-21)29(2)3)16-25(31)27-17-20-9-5-4-6-10-20/h4-15,18,23H,16-17H2,1-3H3,(H,27,31). The second-order valence-corrected chi connectivity index (χ2v) is 8.07. The quantitative estimate of drug-likeness (QED) is 0.485. The third-order valence-electron chi connectivity index (χ3n) is 5.65. The number of aromatic nitrogens is 2. The summed E-state index contributed by atoms with van der Waals surface area (Å²) in [5.74, 6) is -0.0723. The van der Waals surface area contributed by atoms with E-state index >= 15 is 0 Å². The van der Waals surface area contributed by atoms with E-state index in [-0.39, 0.29) is 11.8 Å². The van der Waals surface area contributed by atoms with Gasteiger partial charge in [-0.15, -0.1) is 0 Å². The molecule has 1 atom stereocenters. The van der Waals surface area contributed by atoms with Crippen molar-refractivity contribution < 1.29 is 4.79 Å². The minimum Gasteiger partial charge on any atom is -0.378 e. The maximum absolute atomic E-state index is 12.9. The first-order valence-corrected chi connectivity index (χ1v) is 10.5. The number of nitrogens with zero attached hydrogens (tertiary/aromatic N) is 3. The Labute approximate surface area is 183 Å². The molecule has 5 heteroatoms. The summed E-state index contributed by atoms with van der Waals surface area (Å²) < 4.78 is 2.10. The fourth-order valence-corrected chi connectivity index (χ4v) is 3.88. The first-order chi connectivity index (χ1) is 15.0. The molecule has 31 heavy (non-hydrogen) atoms. The van der Waals surface area contributed by atoms with Crippen LogP contribution < -0.4 is 10.2 Å². The van der Waals surface area contributed by atoms with Crippen LogP contribution in [0.25, 0.3) is 5.65 Å². The Hall–Kier alpha value is -3.60. The Morgan fingerprint density at radius 2 is 1.77 bits per heavy atom. The van der Waals surface area contributed by atoms with Gasteiger partial charge in [-0.25, -0.2) is 4.98 Å². The molecule has 0 spiro atoms. The second kappa shape index (κ2) is 9.04. The molecular formula is C26H28N4O. The minimum atomic E-state index is -0.0937. The van der Waals surface area contributed by atoms with Crippen molar-refractivity contribution in [1.29, 1.82) is 0 Å². The molecule has 4 aromatic rings. The highest BCUT2D eigenvalue weighted by Crippen LogP contribution is 2.30. The molecule has 0 fully saturated rings. The normalized spacial score (nSPS) is 12.0. The lowest BCUT2D eigenvalue weighted by atomic mass is 9.92. The number of imidazole rings is 1. The SMILES string of the molecule is Cc1cccn2c(C(CC(=O)NCc3ccccc3)c3ccc(N(C)C)cc3)cnc12. The zero-order chi connectivity index (χ0) is 21.8. The average Bonchev–Trinajstić information content (AvgIpc) is 3.22. The van der Waals surface area contributed by atoms with Crippen molar-refractivity contribution in [1.82, 2.24) is 14.7 Å². The summed E-state index contributed by atoms with van der Waals surface area (Å²) in [4.78, 5) is 19.6. The maximum atomic E-state index is 12.9. The topological polar surface area (TPSA) is 49.6 Å². The molecule has 0 saturated carbocycles. The lowest BCUT2D eigenvalue weighted by Crippen LogP contribution is -2.25. The first kappa shape index (κ1) is 20.7. The molecule has 1 unspecified atom stereocenters. The summed E-state index contributed by atoms with van der Waals surface area (Å²) in [6, 6.07) is 22.5. The summed E-state index contributed by atoms with van der Waals surface area (Å²) >= 11 is 0. The number of hydrogen-bond acceptors (Lipinski definition) is 3. The highest BCUT2D eigenvalue weighted by Gasteiger charge is 2.22. The van der Waals surface area contributed by atoms with E-state index in [0.29, 0.717) is 13.0 Å². The molecule has 158 valence electrons. The van der Waals surface area contributed by atoms with Crippen LogP contribution in [0.5, 0.6) is 0 Å². The number of fused-ring (bicyclic) bond motifs is 1. The lowest BCUT2D eigenvalue weighted by Gasteiger charge is -2.19. The first-order valence-electron chi connectivity index (χ1n) is 10.5. The van der Waals surface area contributed by atoms with Crippen LogP contribution in [-0.4, -0.2) is 29.4 Å². The van der Waals surface area contributed by atoms with E-state index in [0.717, 1.165) is 33.7 Å². The number of benzene rings is 2.